The van der Waals surface area contributed by atoms with Crippen LogP contribution in [0.2, 0.25) is 0 Å². The number of nitrogens with one attached hydrogen (secondary N) is 1. The number of hydrogen-bond donors (Lipinski definition) is 2. The van der Waals surface area contributed by atoms with E-state index >= 15 is 0 Å². The Hall–Kier alpha value is -1.69. The van der Waals surface area contributed by atoms with E-state index in [1.807, 2.05) is 30.5 Å². The highest BCUT2D eigenvalue weighted by Gasteiger charge is 2.26. The van der Waals surface area contributed by atoms with E-state index in [9.17, 15) is 9.59 Å². The Kier molecular flexibility index (Phi) is 5.50. The SMILES string of the molecule is CSc1ccc(CNC(=O)N2CCC(C(=O)O)CC2)cc1. The van der Waals surface area contributed by atoms with Crippen molar-refractivity contribution in [3.05, 3.63) is 29.8 Å². The summed E-state index contributed by atoms with van der Waals surface area (Å²) in [5.41, 5.74) is 1.06. The minimum Gasteiger partial charge on any atom is -0.481 e. The molecule has 5 nitrogen and oxygen atoms in total. The molecule has 1 aliphatic heterocycles. The van der Waals surface area contributed by atoms with Crippen LogP contribution in [0.25, 0.3) is 0 Å². The second-order valence-corrected chi connectivity index (χ2v) is 5.99. The van der Waals surface area contributed by atoms with Gasteiger partial charge in [-0.05, 0) is 36.8 Å². The van der Waals surface area contributed by atoms with E-state index in [1.54, 1.807) is 16.7 Å². The summed E-state index contributed by atoms with van der Waals surface area (Å²) < 4.78 is 0. The van der Waals surface area contributed by atoms with Gasteiger partial charge in [-0.2, -0.15) is 0 Å². The Morgan fingerprint density at radius 3 is 2.43 bits per heavy atom. The van der Waals surface area contributed by atoms with Gasteiger partial charge in [-0.25, -0.2) is 4.79 Å². The quantitative estimate of drug-likeness (QED) is 0.838. The van der Waals surface area contributed by atoms with Crippen LogP contribution in [-0.4, -0.2) is 41.4 Å². The van der Waals surface area contributed by atoms with Crippen molar-refractivity contribution >= 4 is 23.8 Å². The molecule has 1 saturated heterocycles. The van der Waals surface area contributed by atoms with Crippen molar-refractivity contribution in [2.45, 2.75) is 24.3 Å². The van der Waals surface area contributed by atoms with Crippen molar-refractivity contribution in [3.63, 3.8) is 0 Å². The first-order valence-corrected chi connectivity index (χ1v) is 8.21. The van der Waals surface area contributed by atoms with Crippen LogP contribution < -0.4 is 5.32 Å². The maximum Gasteiger partial charge on any atom is 0.317 e. The number of urea groups is 1. The van der Waals surface area contributed by atoms with Crippen molar-refractivity contribution in [2.24, 2.45) is 5.92 Å². The van der Waals surface area contributed by atoms with Crippen LogP contribution >= 0.6 is 11.8 Å². The number of piperidine rings is 1. The number of likely N-dealkylation sites (tertiary alicyclic amines) is 1. The van der Waals surface area contributed by atoms with Gasteiger partial charge in [-0.3, -0.25) is 4.79 Å². The zero-order valence-corrected chi connectivity index (χ0v) is 12.9. The zero-order chi connectivity index (χ0) is 15.2. The van der Waals surface area contributed by atoms with Crippen LogP contribution in [0.15, 0.2) is 29.2 Å². The lowest BCUT2D eigenvalue weighted by Crippen LogP contribution is -2.45. The van der Waals surface area contributed by atoms with Crippen molar-refractivity contribution in [2.75, 3.05) is 19.3 Å². The topological polar surface area (TPSA) is 69.6 Å². The Morgan fingerprint density at radius 1 is 1.29 bits per heavy atom. The van der Waals surface area contributed by atoms with E-state index in [0.717, 1.165) is 5.56 Å². The predicted octanol–water partition coefficient (Wildman–Crippen LogP) is 2.41. The lowest BCUT2D eigenvalue weighted by atomic mass is 9.97. The number of carbonyl (C=O) groups is 2. The highest BCUT2D eigenvalue weighted by molar-refractivity contribution is 7.98. The van der Waals surface area contributed by atoms with Gasteiger partial charge in [0.1, 0.15) is 0 Å². The fraction of sp³-hybridized carbons (Fsp3) is 0.467. The van der Waals surface area contributed by atoms with E-state index < -0.39 is 5.97 Å². The number of thioether (sulfide) groups is 1. The Labute approximate surface area is 128 Å². The largest absolute Gasteiger partial charge is 0.481 e. The lowest BCUT2D eigenvalue weighted by Gasteiger charge is -2.30. The first-order valence-electron chi connectivity index (χ1n) is 6.98. The number of rotatable bonds is 4. The van der Waals surface area contributed by atoms with Crippen molar-refractivity contribution < 1.29 is 14.7 Å². The molecule has 21 heavy (non-hydrogen) atoms. The molecular weight excluding hydrogens is 288 g/mol. The molecule has 6 heteroatoms. The van der Waals surface area contributed by atoms with Crippen LogP contribution in [0.5, 0.6) is 0 Å². The van der Waals surface area contributed by atoms with Gasteiger partial charge in [0.15, 0.2) is 0 Å². The maximum atomic E-state index is 12.0. The molecule has 1 aromatic rings. The summed E-state index contributed by atoms with van der Waals surface area (Å²) in [6, 6.07) is 7.95. The Bertz CT molecular complexity index is 496. The molecule has 2 amide bonds. The summed E-state index contributed by atoms with van der Waals surface area (Å²) in [5, 5.41) is 11.8. The summed E-state index contributed by atoms with van der Waals surface area (Å²) in [6.07, 6.45) is 3.09. The van der Waals surface area contributed by atoms with Crippen molar-refractivity contribution in [1.82, 2.24) is 10.2 Å². The monoisotopic (exact) mass is 308 g/mol. The number of nitrogens with zero attached hydrogens (tertiary/aromatic N) is 1. The van der Waals surface area contributed by atoms with Gasteiger partial charge in [-0.1, -0.05) is 12.1 Å². The van der Waals surface area contributed by atoms with Gasteiger partial charge in [0, 0.05) is 24.5 Å². The number of amides is 2. The number of carboxylic acids is 1. The highest BCUT2D eigenvalue weighted by atomic mass is 32.2. The van der Waals surface area contributed by atoms with Gasteiger partial charge in [0.05, 0.1) is 5.92 Å². The fourth-order valence-corrected chi connectivity index (χ4v) is 2.77. The normalized spacial score (nSPS) is 15.8. The van der Waals surface area contributed by atoms with E-state index in [2.05, 4.69) is 5.32 Å². The van der Waals surface area contributed by atoms with Crippen molar-refractivity contribution in [1.29, 1.82) is 0 Å². The maximum absolute atomic E-state index is 12.0. The molecule has 2 rings (SSSR count). The molecule has 0 radical (unpaired) electrons. The molecule has 1 aromatic carbocycles. The summed E-state index contributed by atoms with van der Waals surface area (Å²) >= 11 is 1.68. The van der Waals surface area contributed by atoms with Crippen molar-refractivity contribution in [3.8, 4) is 0 Å². The minimum absolute atomic E-state index is 0.118. The number of benzene rings is 1. The van der Waals surface area contributed by atoms with E-state index in [0.29, 0.717) is 32.5 Å². The third-order valence-corrected chi connectivity index (χ3v) is 4.48. The highest BCUT2D eigenvalue weighted by Crippen LogP contribution is 2.17. The summed E-state index contributed by atoms with van der Waals surface area (Å²) in [7, 11) is 0. The van der Waals surface area contributed by atoms with Crippen LogP contribution in [0.3, 0.4) is 0 Å². The standard InChI is InChI=1S/C15H20N2O3S/c1-21-13-4-2-11(3-5-13)10-16-15(20)17-8-6-12(7-9-17)14(18)19/h2-5,12H,6-10H2,1H3,(H,16,20)(H,18,19). The Balaban J connectivity index is 1.78. The molecule has 0 saturated carbocycles. The first kappa shape index (κ1) is 15.7. The van der Waals surface area contributed by atoms with E-state index in [1.165, 1.54) is 4.90 Å². The lowest BCUT2D eigenvalue weighted by molar-refractivity contribution is -0.143. The summed E-state index contributed by atoms with van der Waals surface area (Å²) in [5.74, 6) is -1.07. The van der Waals surface area contributed by atoms with Gasteiger partial charge >= 0.3 is 12.0 Å². The van der Waals surface area contributed by atoms with Gasteiger partial charge < -0.3 is 15.3 Å². The number of carbonyl (C=O) groups excluding carboxylic acids is 1. The second kappa shape index (κ2) is 7.36. The smallest absolute Gasteiger partial charge is 0.317 e. The molecule has 0 atom stereocenters. The number of hydrogen-bond acceptors (Lipinski definition) is 3. The zero-order valence-electron chi connectivity index (χ0n) is 12.0. The molecular formula is C15H20N2O3S. The van der Waals surface area contributed by atoms with Crippen LogP contribution in [-0.2, 0) is 11.3 Å². The molecule has 0 aliphatic carbocycles. The molecule has 0 bridgehead atoms. The van der Waals surface area contributed by atoms with Crippen LogP contribution in [0, 0.1) is 5.92 Å². The molecule has 114 valence electrons. The number of aliphatic carboxylic acids is 1. The third kappa shape index (κ3) is 4.39. The predicted molar refractivity (Wildman–Crippen MR) is 82.4 cm³/mol. The molecule has 0 spiro atoms. The molecule has 0 aromatic heterocycles. The second-order valence-electron chi connectivity index (χ2n) is 5.11. The van der Waals surface area contributed by atoms with Gasteiger partial charge in [-0.15, -0.1) is 11.8 Å². The molecule has 1 aliphatic rings. The minimum atomic E-state index is -0.760. The Morgan fingerprint density at radius 2 is 1.90 bits per heavy atom. The summed E-state index contributed by atoms with van der Waals surface area (Å²) in [4.78, 5) is 25.8. The molecule has 1 fully saturated rings. The first-order chi connectivity index (χ1) is 10.1. The average molecular weight is 308 g/mol. The van der Waals surface area contributed by atoms with E-state index in [4.69, 9.17) is 5.11 Å². The fourth-order valence-electron chi connectivity index (χ4n) is 2.36. The van der Waals surface area contributed by atoms with Crippen LogP contribution in [0.4, 0.5) is 4.79 Å². The molecule has 2 N–H and O–H groups in total. The molecule has 1 heterocycles. The average Bonchev–Trinajstić information content (AvgIpc) is 2.53. The van der Waals surface area contributed by atoms with Gasteiger partial charge in [0.25, 0.3) is 0 Å². The third-order valence-electron chi connectivity index (χ3n) is 3.73. The number of carboxylic acid groups (broad SMARTS) is 1. The van der Waals surface area contributed by atoms with Gasteiger partial charge in [0.2, 0.25) is 0 Å². The van der Waals surface area contributed by atoms with E-state index in [-0.39, 0.29) is 11.9 Å². The summed E-state index contributed by atoms with van der Waals surface area (Å²) in [6.45, 7) is 1.51. The molecule has 0 unspecified atom stereocenters. The van der Waals surface area contributed by atoms with Crippen LogP contribution in [0.1, 0.15) is 18.4 Å².